The maximum absolute atomic E-state index is 5.90. The Labute approximate surface area is 85.9 Å². The first-order valence-electron chi connectivity index (χ1n) is 5.47. The lowest BCUT2D eigenvalue weighted by atomic mass is 10.0. The molecule has 1 fully saturated rings. The zero-order valence-corrected chi connectivity index (χ0v) is 8.78. The van der Waals surface area contributed by atoms with E-state index in [-0.39, 0.29) is 12.1 Å². The summed E-state index contributed by atoms with van der Waals surface area (Å²) in [5.41, 5.74) is 11.8. The molecule has 0 aliphatic carbocycles. The summed E-state index contributed by atoms with van der Waals surface area (Å²) >= 11 is 0. The number of hydrogen-bond donors (Lipinski definition) is 2. The minimum absolute atomic E-state index is 0.0398. The number of rotatable bonds is 0. The summed E-state index contributed by atoms with van der Waals surface area (Å²) in [4.78, 5) is 0. The van der Waals surface area contributed by atoms with Crippen molar-refractivity contribution in [3.05, 3.63) is 0 Å². The Bertz CT molecular complexity index is 128. The Morgan fingerprint density at radius 3 is 1.57 bits per heavy atom. The lowest BCUT2D eigenvalue weighted by Crippen LogP contribution is -2.42. The smallest absolute Gasteiger partial charge is 0.0481 e. The van der Waals surface area contributed by atoms with E-state index >= 15 is 0 Å². The molecule has 0 aromatic heterocycles. The first-order valence-corrected chi connectivity index (χ1v) is 5.47. The topological polar surface area (TPSA) is 70.5 Å². The Morgan fingerprint density at radius 2 is 1.14 bits per heavy atom. The molecule has 0 saturated carbocycles. The van der Waals surface area contributed by atoms with Gasteiger partial charge in [0.2, 0.25) is 0 Å². The first-order chi connectivity index (χ1) is 6.80. The molecular weight excluding hydrogens is 180 g/mol. The van der Waals surface area contributed by atoms with Gasteiger partial charge in [-0.15, -0.1) is 0 Å². The molecule has 0 radical (unpaired) electrons. The van der Waals surface area contributed by atoms with Gasteiger partial charge in [-0.3, -0.25) is 0 Å². The van der Waals surface area contributed by atoms with Crippen molar-refractivity contribution in [3.8, 4) is 0 Å². The van der Waals surface area contributed by atoms with Gasteiger partial charge in [-0.1, -0.05) is 0 Å². The van der Waals surface area contributed by atoms with E-state index in [1.165, 1.54) is 0 Å². The van der Waals surface area contributed by atoms with E-state index in [0.717, 1.165) is 52.1 Å². The summed E-state index contributed by atoms with van der Waals surface area (Å²) in [7, 11) is 0. The SMILES string of the molecule is NC1CCOCCCCOCCC1N. The van der Waals surface area contributed by atoms with Crippen molar-refractivity contribution in [1.29, 1.82) is 0 Å². The molecule has 2 unspecified atom stereocenters. The fourth-order valence-corrected chi connectivity index (χ4v) is 1.48. The van der Waals surface area contributed by atoms with Crippen molar-refractivity contribution in [3.63, 3.8) is 0 Å². The Balaban J connectivity index is 2.23. The van der Waals surface area contributed by atoms with Gasteiger partial charge in [0.05, 0.1) is 0 Å². The fourth-order valence-electron chi connectivity index (χ4n) is 1.48. The number of ether oxygens (including phenoxy) is 2. The third-order valence-corrected chi connectivity index (χ3v) is 2.57. The highest BCUT2D eigenvalue weighted by Crippen LogP contribution is 2.02. The van der Waals surface area contributed by atoms with Gasteiger partial charge in [0, 0.05) is 38.5 Å². The highest BCUT2D eigenvalue weighted by Gasteiger charge is 2.13. The monoisotopic (exact) mass is 202 g/mol. The van der Waals surface area contributed by atoms with Crippen molar-refractivity contribution >= 4 is 0 Å². The number of nitrogens with two attached hydrogens (primary N) is 2. The van der Waals surface area contributed by atoms with Crippen molar-refractivity contribution in [2.75, 3.05) is 26.4 Å². The molecule has 0 aromatic carbocycles. The molecular formula is C10H22N2O2. The third kappa shape index (κ3) is 4.91. The predicted octanol–water partition coefficient (Wildman–Crippen LogP) is 0.248. The summed E-state index contributed by atoms with van der Waals surface area (Å²) in [5.74, 6) is 0. The molecule has 0 amide bonds. The first kappa shape index (κ1) is 11.9. The summed E-state index contributed by atoms with van der Waals surface area (Å²) in [6.45, 7) is 3.09. The molecule has 0 aromatic rings. The molecule has 0 bridgehead atoms. The Hall–Kier alpha value is -0.160. The van der Waals surface area contributed by atoms with Gasteiger partial charge in [0.25, 0.3) is 0 Å². The van der Waals surface area contributed by atoms with Crippen LogP contribution in [0.1, 0.15) is 25.7 Å². The van der Waals surface area contributed by atoms with E-state index in [1.807, 2.05) is 0 Å². The summed E-state index contributed by atoms with van der Waals surface area (Å²) in [5, 5.41) is 0. The molecule has 1 rings (SSSR count). The normalized spacial score (nSPS) is 33.0. The van der Waals surface area contributed by atoms with Crippen LogP contribution in [-0.2, 0) is 9.47 Å². The lowest BCUT2D eigenvalue weighted by Gasteiger charge is -2.20. The van der Waals surface area contributed by atoms with Gasteiger partial charge < -0.3 is 20.9 Å². The Morgan fingerprint density at radius 1 is 0.714 bits per heavy atom. The van der Waals surface area contributed by atoms with Gasteiger partial charge in [-0.05, 0) is 25.7 Å². The van der Waals surface area contributed by atoms with E-state index in [0.29, 0.717) is 0 Å². The van der Waals surface area contributed by atoms with E-state index < -0.39 is 0 Å². The molecule has 4 nitrogen and oxygen atoms in total. The average molecular weight is 202 g/mol. The second-order valence-electron chi connectivity index (χ2n) is 3.84. The van der Waals surface area contributed by atoms with E-state index in [4.69, 9.17) is 20.9 Å². The lowest BCUT2D eigenvalue weighted by molar-refractivity contribution is 0.0850. The third-order valence-electron chi connectivity index (χ3n) is 2.57. The van der Waals surface area contributed by atoms with E-state index in [1.54, 1.807) is 0 Å². The second-order valence-corrected chi connectivity index (χ2v) is 3.84. The van der Waals surface area contributed by atoms with Crippen LogP contribution in [0.4, 0.5) is 0 Å². The quantitative estimate of drug-likeness (QED) is 0.590. The van der Waals surface area contributed by atoms with Gasteiger partial charge in [-0.2, -0.15) is 0 Å². The highest BCUT2D eigenvalue weighted by atomic mass is 16.5. The van der Waals surface area contributed by atoms with Crippen molar-refractivity contribution in [2.45, 2.75) is 37.8 Å². The van der Waals surface area contributed by atoms with Gasteiger partial charge in [0.1, 0.15) is 0 Å². The molecule has 4 heteroatoms. The molecule has 0 spiro atoms. The summed E-state index contributed by atoms with van der Waals surface area (Å²) in [6.07, 6.45) is 3.84. The second kappa shape index (κ2) is 7.17. The minimum atomic E-state index is 0.0398. The largest absolute Gasteiger partial charge is 0.381 e. The summed E-state index contributed by atoms with van der Waals surface area (Å²) < 4.78 is 10.9. The molecule has 4 N–H and O–H groups in total. The number of hydrogen-bond acceptors (Lipinski definition) is 4. The fraction of sp³-hybridized carbons (Fsp3) is 1.00. The molecule has 1 aliphatic rings. The molecule has 1 saturated heterocycles. The van der Waals surface area contributed by atoms with Crippen molar-refractivity contribution in [1.82, 2.24) is 0 Å². The van der Waals surface area contributed by atoms with Crippen molar-refractivity contribution < 1.29 is 9.47 Å². The average Bonchev–Trinajstić information content (AvgIpc) is 2.18. The van der Waals surface area contributed by atoms with Crippen LogP contribution in [0.2, 0.25) is 0 Å². The van der Waals surface area contributed by atoms with Gasteiger partial charge in [-0.25, -0.2) is 0 Å². The zero-order valence-electron chi connectivity index (χ0n) is 8.78. The van der Waals surface area contributed by atoms with Crippen LogP contribution in [0.25, 0.3) is 0 Å². The van der Waals surface area contributed by atoms with Crippen molar-refractivity contribution in [2.24, 2.45) is 11.5 Å². The van der Waals surface area contributed by atoms with Crippen LogP contribution >= 0.6 is 0 Å². The van der Waals surface area contributed by atoms with Crippen LogP contribution in [0.15, 0.2) is 0 Å². The molecule has 1 aliphatic heterocycles. The predicted molar refractivity (Wildman–Crippen MR) is 56.1 cm³/mol. The molecule has 14 heavy (non-hydrogen) atoms. The van der Waals surface area contributed by atoms with Crippen LogP contribution in [0.5, 0.6) is 0 Å². The van der Waals surface area contributed by atoms with E-state index in [2.05, 4.69) is 0 Å². The van der Waals surface area contributed by atoms with E-state index in [9.17, 15) is 0 Å². The highest BCUT2D eigenvalue weighted by molar-refractivity contribution is 4.75. The molecule has 84 valence electrons. The minimum Gasteiger partial charge on any atom is -0.381 e. The standard InChI is InChI=1S/C10H22N2O2/c11-9-3-7-13-5-1-2-6-14-8-4-10(9)12/h9-10H,1-8,11-12H2. The van der Waals surface area contributed by atoms with Gasteiger partial charge in [0.15, 0.2) is 0 Å². The van der Waals surface area contributed by atoms with Crippen LogP contribution in [0, 0.1) is 0 Å². The molecule has 2 atom stereocenters. The van der Waals surface area contributed by atoms with Gasteiger partial charge >= 0.3 is 0 Å². The van der Waals surface area contributed by atoms with Crippen LogP contribution in [0.3, 0.4) is 0 Å². The molecule has 1 heterocycles. The Kier molecular flexibility index (Phi) is 6.10. The maximum Gasteiger partial charge on any atom is 0.0481 e. The van der Waals surface area contributed by atoms with Crippen LogP contribution < -0.4 is 11.5 Å². The van der Waals surface area contributed by atoms with Crippen LogP contribution in [-0.4, -0.2) is 38.5 Å². The zero-order chi connectivity index (χ0) is 10.2. The maximum atomic E-state index is 5.90. The summed E-state index contributed by atoms with van der Waals surface area (Å²) in [6, 6.07) is 0.0797.